The highest BCUT2D eigenvalue weighted by atomic mass is 16.4. The number of para-hydroxylation sites is 2. The Labute approximate surface area is 162 Å². The molecule has 3 rings (SSSR count). The Morgan fingerprint density at radius 1 is 1.11 bits per heavy atom. The Hall–Kier alpha value is -3.41. The van der Waals surface area contributed by atoms with Crippen molar-refractivity contribution in [2.45, 2.75) is 33.1 Å². The predicted octanol–water partition coefficient (Wildman–Crippen LogP) is 4.47. The van der Waals surface area contributed by atoms with Gasteiger partial charge in [-0.15, -0.1) is 0 Å². The standard InChI is InChI=1S/C22H22N2O4/c1-4-14-8-7-10-15(13(2)3)19(14)23-22(28)24-12-17(21(26)27)20(25)16-9-5-6-11-18(16)24/h5-13H,4H2,1-3H3,(H,23,28)(H,26,27). The molecule has 0 fully saturated rings. The zero-order valence-corrected chi connectivity index (χ0v) is 16.0. The zero-order chi connectivity index (χ0) is 20.4. The summed E-state index contributed by atoms with van der Waals surface area (Å²) in [6, 6.07) is 11.8. The van der Waals surface area contributed by atoms with Crippen LogP contribution in [-0.4, -0.2) is 21.7 Å². The lowest BCUT2D eigenvalue weighted by Gasteiger charge is -2.19. The molecule has 0 radical (unpaired) electrons. The van der Waals surface area contributed by atoms with Gasteiger partial charge in [0.05, 0.1) is 5.52 Å². The van der Waals surface area contributed by atoms with Crippen LogP contribution >= 0.6 is 0 Å². The molecule has 0 saturated heterocycles. The third-order valence-electron chi connectivity index (χ3n) is 4.78. The molecule has 6 heteroatoms. The third-order valence-corrected chi connectivity index (χ3v) is 4.78. The molecule has 2 N–H and O–H groups in total. The number of hydrogen-bond acceptors (Lipinski definition) is 3. The van der Waals surface area contributed by atoms with Crippen molar-refractivity contribution >= 4 is 28.6 Å². The highest BCUT2D eigenvalue weighted by Gasteiger charge is 2.19. The number of aromatic nitrogens is 1. The summed E-state index contributed by atoms with van der Waals surface area (Å²) >= 11 is 0. The fourth-order valence-corrected chi connectivity index (χ4v) is 3.31. The molecule has 0 aliphatic carbocycles. The van der Waals surface area contributed by atoms with E-state index in [2.05, 4.69) is 5.32 Å². The summed E-state index contributed by atoms with van der Waals surface area (Å²) in [5.74, 6) is -1.17. The third kappa shape index (κ3) is 3.41. The normalized spacial score (nSPS) is 11.0. The molecule has 0 unspecified atom stereocenters. The van der Waals surface area contributed by atoms with Crippen LogP contribution in [0.25, 0.3) is 10.9 Å². The van der Waals surface area contributed by atoms with Crippen molar-refractivity contribution in [1.82, 2.24) is 4.57 Å². The number of anilines is 1. The van der Waals surface area contributed by atoms with E-state index in [4.69, 9.17) is 0 Å². The van der Waals surface area contributed by atoms with Crippen LogP contribution in [0.15, 0.2) is 53.5 Å². The van der Waals surface area contributed by atoms with Crippen LogP contribution in [0.5, 0.6) is 0 Å². The van der Waals surface area contributed by atoms with Gasteiger partial charge in [0, 0.05) is 17.3 Å². The van der Waals surface area contributed by atoms with Gasteiger partial charge in [0.25, 0.3) is 0 Å². The van der Waals surface area contributed by atoms with Crippen molar-refractivity contribution in [3.05, 3.63) is 75.6 Å². The summed E-state index contributed by atoms with van der Waals surface area (Å²) in [4.78, 5) is 37.0. The maximum absolute atomic E-state index is 13.1. The molecule has 0 spiro atoms. The van der Waals surface area contributed by atoms with E-state index in [0.29, 0.717) is 5.52 Å². The molecular weight excluding hydrogens is 356 g/mol. The van der Waals surface area contributed by atoms with E-state index in [1.165, 1.54) is 10.6 Å². The van der Waals surface area contributed by atoms with Crippen molar-refractivity contribution in [2.75, 3.05) is 5.32 Å². The summed E-state index contributed by atoms with van der Waals surface area (Å²) in [5.41, 5.74) is 2.02. The number of carboxylic acid groups (broad SMARTS) is 1. The average Bonchev–Trinajstić information content (AvgIpc) is 2.68. The van der Waals surface area contributed by atoms with E-state index in [0.717, 1.165) is 29.4 Å². The Bertz CT molecular complexity index is 1130. The van der Waals surface area contributed by atoms with Crippen LogP contribution in [-0.2, 0) is 6.42 Å². The number of carbonyl (C=O) groups is 2. The van der Waals surface area contributed by atoms with Gasteiger partial charge in [-0.1, -0.05) is 51.1 Å². The van der Waals surface area contributed by atoms with Gasteiger partial charge in [-0.25, -0.2) is 9.59 Å². The van der Waals surface area contributed by atoms with Gasteiger partial charge >= 0.3 is 12.0 Å². The second-order valence-electron chi connectivity index (χ2n) is 6.88. The van der Waals surface area contributed by atoms with Gasteiger partial charge in [-0.3, -0.25) is 9.36 Å². The van der Waals surface area contributed by atoms with E-state index < -0.39 is 23.0 Å². The van der Waals surface area contributed by atoms with Crippen molar-refractivity contribution < 1.29 is 14.7 Å². The molecule has 0 bridgehead atoms. The molecule has 1 heterocycles. The Morgan fingerprint density at radius 3 is 2.46 bits per heavy atom. The summed E-state index contributed by atoms with van der Waals surface area (Å²) in [7, 11) is 0. The minimum Gasteiger partial charge on any atom is -0.477 e. The van der Waals surface area contributed by atoms with Crippen molar-refractivity contribution in [1.29, 1.82) is 0 Å². The van der Waals surface area contributed by atoms with Crippen molar-refractivity contribution in [2.24, 2.45) is 0 Å². The fourth-order valence-electron chi connectivity index (χ4n) is 3.31. The second kappa shape index (κ2) is 7.68. The number of fused-ring (bicyclic) bond motifs is 1. The topological polar surface area (TPSA) is 88.4 Å². The summed E-state index contributed by atoms with van der Waals surface area (Å²) < 4.78 is 1.19. The van der Waals surface area contributed by atoms with Gasteiger partial charge in [-0.2, -0.15) is 0 Å². The Balaban J connectivity index is 2.18. The van der Waals surface area contributed by atoms with Crippen molar-refractivity contribution in [3.8, 4) is 0 Å². The summed E-state index contributed by atoms with van der Waals surface area (Å²) in [6.07, 6.45) is 1.83. The van der Waals surface area contributed by atoms with E-state index in [9.17, 15) is 19.5 Å². The minimum atomic E-state index is -1.37. The highest BCUT2D eigenvalue weighted by molar-refractivity contribution is 6.01. The van der Waals surface area contributed by atoms with E-state index in [-0.39, 0.29) is 11.3 Å². The number of aryl methyl sites for hydroxylation is 1. The molecule has 0 saturated carbocycles. The number of pyridine rings is 1. The van der Waals surface area contributed by atoms with E-state index in [1.54, 1.807) is 18.2 Å². The van der Waals surface area contributed by atoms with E-state index >= 15 is 0 Å². The smallest absolute Gasteiger partial charge is 0.341 e. The van der Waals surface area contributed by atoms with Crippen molar-refractivity contribution in [3.63, 3.8) is 0 Å². The largest absolute Gasteiger partial charge is 0.477 e. The van der Waals surface area contributed by atoms with Crippen LogP contribution < -0.4 is 10.7 Å². The quantitative estimate of drug-likeness (QED) is 0.701. The number of aromatic carboxylic acids is 1. The number of carboxylic acids is 1. The van der Waals surface area contributed by atoms with Gasteiger partial charge in [0.15, 0.2) is 0 Å². The number of benzene rings is 2. The number of rotatable bonds is 4. The minimum absolute atomic E-state index is 0.186. The van der Waals surface area contributed by atoms with Gasteiger partial charge in [-0.05, 0) is 35.6 Å². The highest BCUT2D eigenvalue weighted by Crippen LogP contribution is 2.28. The zero-order valence-electron chi connectivity index (χ0n) is 16.0. The SMILES string of the molecule is CCc1cccc(C(C)C)c1NC(=O)n1cc(C(=O)O)c(=O)c2ccccc21. The molecule has 3 aromatic rings. The number of nitrogens with one attached hydrogen (secondary N) is 1. The maximum atomic E-state index is 13.1. The van der Waals surface area contributed by atoms with Crippen LogP contribution in [0.3, 0.4) is 0 Å². The Morgan fingerprint density at radius 2 is 1.82 bits per heavy atom. The molecule has 0 aliphatic rings. The maximum Gasteiger partial charge on any atom is 0.341 e. The number of hydrogen-bond donors (Lipinski definition) is 2. The molecule has 28 heavy (non-hydrogen) atoms. The molecule has 1 aromatic heterocycles. The molecule has 2 aromatic carbocycles. The first-order valence-corrected chi connectivity index (χ1v) is 9.16. The number of amides is 1. The summed E-state index contributed by atoms with van der Waals surface area (Å²) in [6.45, 7) is 6.09. The first-order valence-electron chi connectivity index (χ1n) is 9.16. The molecule has 0 aliphatic heterocycles. The molecule has 6 nitrogen and oxygen atoms in total. The lowest BCUT2D eigenvalue weighted by molar-refractivity contribution is 0.0695. The second-order valence-corrected chi connectivity index (χ2v) is 6.88. The first kappa shape index (κ1) is 19.4. The van der Waals surface area contributed by atoms with Gasteiger partial charge < -0.3 is 10.4 Å². The number of nitrogens with zero attached hydrogens (tertiary/aromatic N) is 1. The van der Waals surface area contributed by atoms with Gasteiger partial charge in [0.1, 0.15) is 5.56 Å². The van der Waals surface area contributed by atoms with Crippen LogP contribution in [0.1, 0.15) is 48.2 Å². The lowest BCUT2D eigenvalue weighted by Crippen LogP contribution is -2.26. The average molecular weight is 378 g/mol. The van der Waals surface area contributed by atoms with E-state index in [1.807, 2.05) is 39.0 Å². The fraction of sp³-hybridized carbons (Fsp3) is 0.227. The molecule has 1 amide bonds. The van der Waals surface area contributed by atoms with Crippen LogP contribution in [0.2, 0.25) is 0 Å². The molecule has 144 valence electrons. The molecule has 0 atom stereocenters. The monoisotopic (exact) mass is 378 g/mol. The Kier molecular flexibility index (Phi) is 5.31. The van der Waals surface area contributed by atoms with Crippen LogP contribution in [0, 0.1) is 0 Å². The van der Waals surface area contributed by atoms with Gasteiger partial charge in [0.2, 0.25) is 5.43 Å². The van der Waals surface area contributed by atoms with Crippen LogP contribution in [0.4, 0.5) is 10.5 Å². The summed E-state index contributed by atoms with van der Waals surface area (Å²) in [5, 5.41) is 12.5. The molecular formula is C22H22N2O4. The predicted molar refractivity (Wildman–Crippen MR) is 109 cm³/mol. The number of carbonyl (C=O) groups excluding carboxylic acids is 1. The first-order chi connectivity index (χ1) is 13.3. The lowest BCUT2D eigenvalue weighted by atomic mass is 9.96.